The molecule has 2 rings (SSSR count). The lowest BCUT2D eigenvalue weighted by atomic mass is 10.0. The third kappa shape index (κ3) is 3.44. The average molecular weight is 250 g/mol. The standard InChI is InChI=1S/C13H22N4O/c14-5-3-7-16-8-10-17(11-9-16)13(18)12-4-1-2-6-15-12/h12,15H,1-4,6-11H2/t12-/m0/s1. The molecular formula is C13H22N4O. The van der Waals surface area contributed by atoms with Crippen LogP contribution in [-0.2, 0) is 4.79 Å². The van der Waals surface area contributed by atoms with Gasteiger partial charge in [-0.15, -0.1) is 0 Å². The van der Waals surface area contributed by atoms with Gasteiger partial charge in [0.25, 0.3) is 0 Å². The number of carbonyl (C=O) groups excluding carboxylic acids is 1. The highest BCUT2D eigenvalue weighted by molar-refractivity contribution is 5.82. The summed E-state index contributed by atoms with van der Waals surface area (Å²) < 4.78 is 0. The summed E-state index contributed by atoms with van der Waals surface area (Å²) in [5, 5.41) is 11.9. The van der Waals surface area contributed by atoms with Crippen LogP contribution in [0.2, 0.25) is 0 Å². The summed E-state index contributed by atoms with van der Waals surface area (Å²) in [5.74, 6) is 0.273. The normalized spacial score (nSPS) is 25.7. The summed E-state index contributed by atoms with van der Waals surface area (Å²) in [5.41, 5.74) is 0. The fraction of sp³-hybridized carbons (Fsp3) is 0.846. The highest BCUT2D eigenvalue weighted by atomic mass is 16.2. The molecule has 5 heteroatoms. The fourth-order valence-corrected chi connectivity index (χ4v) is 2.68. The minimum absolute atomic E-state index is 0.0457. The zero-order valence-corrected chi connectivity index (χ0v) is 10.9. The van der Waals surface area contributed by atoms with E-state index in [2.05, 4.69) is 16.3 Å². The van der Waals surface area contributed by atoms with Crippen molar-refractivity contribution in [3.05, 3.63) is 0 Å². The van der Waals surface area contributed by atoms with Crippen molar-refractivity contribution in [3.8, 4) is 6.07 Å². The fourth-order valence-electron chi connectivity index (χ4n) is 2.68. The molecule has 5 nitrogen and oxygen atoms in total. The first-order chi connectivity index (χ1) is 8.81. The predicted molar refractivity (Wildman–Crippen MR) is 68.9 cm³/mol. The molecule has 1 atom stereocenters. The van der Waals surface area contributed by atoms with Crippen molar-refractivity contribution in [2.45, 2.75) is 31.7 Å². The van der Waals surface area contributed by atoms with Crippen LogP contribution < -0.4 is 5.32 Å². The smallest absolute Gasteiger partial charge is 0.239 e. The molecule has 2 aliphatic heterocycles. The minimum atomic E-state index is 0.0457. The molecule has 1 N–H and O–H groups in total. The van der Waals surface area contributed by atoms with Crippen LogP contribution in [0.4, 0.5) is 0 Å². The summed E-state index contributed by atoms with van der Waals surface area (Å²) in [4.78, 5) is 16.5. The Labute approximate surface area is 109 Å². The van der Waals surface area contributed by atoms with Gasteiger partial charge in [-0.05, 0) is 19.4 Å². The second-order valence-electron chi connectivity index (χ2n) is 5.08. The second-order valence-corrected chi connectivity index (χ2v) is 5.08. The lowest BCUT2D eigenvalue weighted by Gasteiger charge is -2.37. The predicted octanol–water partition coefficient (Wildman–Crippen LogP) is 0.186. The molecule has 0 aromatic heterocycles. The van der Waals surface area contributed by atoms with Crippen LogP contribution in [0.25, 0.3) is 0 Å². The summed E-state index contributed by atoms with van der Waals surface area (Å²) in [6, 6.07) is 2.21. The largest absolute Gasteiger partial charge is 0.339 e. The maximum Gasteiger partial charge on any atom is 0.239 e. The molecule has 18 heavy (non-hydrogen) atoms. The molecule has 1 amide bonds. The number of hydrogen-bond donors (Lipinski definition) is 1. The highest BCUT2D eigenvalue weighted by Gasteiger charge is 2.27. The van der Waals surface area contributed by atoms with Gasteiger partial charge >= 0.3 is 0 Å². The molecule has 2 heterocycles. The first-order valence-electron chi connectivity index (χ1n) is 6.93. The number of carbonyl (C=O) groups is 1. The van der Waals surface area contributed by atoms with Gasteiger partial charge in [-0.25, -0.2) is 0 Å². The molecule has 2 aliphatic rings. The number of hydrogen-bond acceptors (Lipinski definition) is 4. The first kappa shape index (κ1) is 13.3. The van der Waals surface area contributed by atoms with Crippen molar-refractivity contribution >= 4 is 5.91 Å². The molecule has 0 aromatic carbocycles. The molecule has 2 saturated heterocycles. The minimum Gasteiger partial charge on any atom is -0.339 e. The number of rotatable bonds is 3. The van der Waals surface area contributed by atoms with E-state index >= 15 is 0 Å². The van der Waals surface area contributed by atoms with Crippen molar-refractivity contribution in [2.75, 3.05) is 39.3 Å². The van der Waals surface area contributed by atoms with E-state index in [9.17, 15) is 4.79 Å². The van der Waals surface area contributed by atoms with Crippen LogP contribution in [0.1, 0.15) is 25.7 Å². The molecule has 0 spiro atoms. The molecular weight excluding hydrogens is 228 g/mol. The van der Waals surface area contributed by atoms with Crippen LogP contribution in [0.15, 0.2) is 0 Å². The van der Waals surface area contributed by atoms with Crippen LogP contribution in [0.3, 0.4) is 0 Å². The molecule has 0 unspecified atom stereocenters. The number of nitrogens with zero attached hydrogens (tertiary/aromatic N) is 3. The topological polar surface area (TPSA) is 59.4 Å². The van der Waals surface area contributed by atoms with E-state index in [0.29, 0.717) is 6.42 Å². The molecule has 0 bridgehead atoms. The number of amides is 1. The number of piperidine rings is 1. The van der Waals surface area contributed by atoms with E-state index < -0.39 is 0 Å². The van der Waals surface area contributed by atoms with Gasteiger partial charge in [0.1, 0.15) is 0 Å². The molecule has 0 aromatic rings. The summed E-state index contributed by atoms with van der Waals surface area (Å²) in [6.45, 7) is 5.23. The summed E-state index contributed by atoms with van der Waals surface area (Å²) >= 11 is 0. The van der Waals surface area contributed by atoms with Crippen LogP contribution in [-0.4, -0.2) is 61.0 Å². The third-order valence-electron chi connectivity index (χ3n) is 3.83. The van der Waals surface area contributed by atoms with Crippen molar-refractivity contribution < 1.29 is 4.79 Å². The van der Waals surface area contributed by atoms with E-state index in [0.717, 1.165) is 52.1 Å². The van der Waals surface area contributed by atoms with Gasteiger partial charge in [0.05, 0.1) is 12.1 Å². The summed E-state index contributed by atoms with van der Waals surface area (Å²) in [7, 11) is 0. The summed E-state index contributed by atoms with van der Waals surface area (Å²) in [6.07, 6.45) is 3.91. The van der Waals surface area contributed by atoms with Crippen molar-refractivity contribution in [3.63, 3.8) is 0 Å². The third-order valence-corrected chi connectivity index (χ3v) is 3.83. The van der Waals surface area contributed by atoms with Crippen LogP contribution >= 0.6 is 0 Å². The second kappa shape index (κ2) is 6.72. The van der Waals surface area contributed by atoms with Gasteiger partial charge in [-0.2, -0.15) is 5.26 Å². The first-order valence-corrected chi connectivity index (χ1v) is 6.93. The van der Waals surface area contributed by atoms with E-state index in [4.69, 9.17) is 5.26 Å². The quantitative estimate of drug-likeness (QED) is 0.776. The lowest BCUT2D eigenvalue weighted by molar-refractivity contribution is -0.135. The number of nitriles is 1. The van der Waals surface area contributed by atoms with E-state index in [1.54, 1.807) is 0 Å². The Morgan fingerprint density at radius 2 is 2.06 bits per heavy atom. The van der Waals surface area contributed by atoms with E-state index in [1.807, 2.05) is 4.90 Å². The van der Waals surface area contributed by atoms with E-state index in [-0.39, 0.29) is 11.9 Å². The van der Waals surface area contributed by atoms with Crippen molar-refractivity contribution in [1.29, 1.82) is 5.26 Å². The van der Waals surface area contributed by atoms with Crippen molar-refractivity contribution in [2.24, 2.45) is 0 Å². The van der Waals surface area contributed by atoms with Gasteiger partial charge in [-0.1, -0.05) is 6.42 Å². The van der Waals surface area contributed by atoms with Gasteiger partial charge in [-0.3, -0.25) is 9.69 Å². The number of piperazine rings is 1. The molecule has 2 fully saturated rings. The zero-order valence-electron chi connectivity index (χ0n) is 10.9. The monoisotopic (exact) mass is 250 g/mol. The zero-order chi connectivity index (χ0) is 12.8. The average Bonchev–Trinajstić information content (AvgIpc) is 2.46. The van der Waals surface area contributed by atoms with Crippen molar-refractivity contribution in [1.82, 2.24) is 15.1 Å². The van der Waals surface area contributed by atoms with Gasteiger partial charge < -0.3 is 10.2 Å². The Bertz CT molecular complexity index is 311. The maximum atomic E-state index is 12.3. The van der Waals surface area contributed by atoms with Gasteiger partial charge in [0.2, 0.25) is 5.91 Å². The highest BCUT2D eigenvalue weighted by Crippen LogP contribution is 2.11. The Morgan fingerprint density at radius 1 is 1.28 bits per heavy atom. The van der Waals surface area contributed by atoms with Gasteiger partial charge in [0, 0.05) is 39.1 Å². The molecule has 0 radical (unpaired) electrons. The van der Waals surface area contributed by atoms with E-state index in [1.165, 1.54) is 6.42 Å². The Kier molecular flexibility index (Phi) is 4.97. The Hall–Kier alpha value is -1.12. The molecule has 100 valence electrons. The Morgan fingerprint density at radius 3 is 2.67 bits per heavy atom. The van der Waals surface area contributed by atoms with Crippen LogP contribution in [0, 0.1) is 11.3 Å². The number of nitrogens with one attached hydrogen (secondary N) is 1. The Balaban J connectivity index is 1.75. The van der Waals surface area contributed by atoms with Gasteiger partial charge in [0.15, 0.2) is 0 Å². The van der Waals surface area contributed by atoms with Crippen LogP contribution in [0.5, 0.6) is 0 Å². The lowest BCUT2D eigenvalue weighted by Crippen LogP contribution is -2.55. The maximum absolute atomic E-state index is 12.3. The molecule has 0 saturated carbocycles. The molecule has 0 aliphatic carbocycles. The SMILES string of the molecule is N#CCCN1CCN(C(=O)[C@@H]2CCCCN2)CC1.